The van der Waals surface area contributed by atoms with Crippen LogP contribution in [0.2, 0.25) is 0 Å². The molecular formula is C55H80O28P2. The van der Waals surface area contributed by atoms with Crippen molar-refractivity contribution >= 4 is 75.3 Å². The number of phosphoric ester groups is 2. The maximum Gasteiger partial charge on any atom is 0.472 e. The molecule has 0 spiro atoms. The Labute approximate surface area is 494 Å². The molecule has 0 radical (unpaired) electrons. The van der Waals surface area contributed by atoms with E-state index in [9.17, 15) is 62.0 Å². The Bertz CT molecular complexity index is 2270. The topological polar surface area (TPSA) is 375 Å². The average Bonchev–Trinajstić information content (AvgIpc) is 3.55. The van der Waals surface area contributed by atoms with Crippen LogP contribution in [-0.2, 0) is 123 Å². The van der Waals surface area contributed by atoms with Gasteiger partial charge in [-0.05, 0) is 47.5 Å². The molecule has 0 aromatic carbocycles. The van der Waals surface area contributed by atoms with Gasteiger partial charge in [0.05, 0.1) is 37.3 Å². The highest BCUT2D eigenvalue weighted by atomic mass is 31.2. The molecule has 0 aromatic rings. The van der Waals surface area contributed by atoms with Crippen molar-refractivity contribution in [1.82, 2.24) is 0 Å². The first-order valence-electron chi connectivity index (χ1n) is 24.9. The molecule has 0 saturated carbocycles. The summed E-state index contributed by atoms with van der Waals surface area (Å²) in [6.07, 6.45) is 5.85. The number of carbonyl (C=O) groups excluding carboxylic acids is 10. The van der Waals surface area contributed by atoms with Gasteiger partial charge in [-0.3, -0.25) is 18.1 Å². The third kappa shape index (κ3) is 45.4. The van der Waals surface area contributed by atoms with Crippen LogP contribution < -0.4 is 0 Å². The maximum atomic E-state index is 11.6. The second kappa shape index (κ2) is 46.7. The van der Waals surface area contributed by atoms with E-state index in [0.717, 1.165) is 30.4 Å². The lowest BCUT2D eigenvalue weighted by Gasteiger charge is -2.31. The number of phosphoric acid groups is 2. The summed E-state index contributed by atoms with van der Waals surface area (Å²) < 4.78 is 89.4. The van der Waals surface area contributed by atoms with Gasteiger partial charge < -0.3 is 57.2 Å². The lowest BCUT2D eigenvalue weighted by atomic mass is 9.88. The Hall–Kier alpha value is -7.68. The van der Waals surface area contributed by atoms with E-state index in [4.69, 9.17) is 33.3 Å². The van der Waals surface area contributed by atoms with E-state index in [1.54, 1.807) is 6.92 Å². The molecule has 0 aromatic heterocycles. The smallest absolute Gasteiger partial charge is 0.462 e. The van der Waals surface area contributed by atoms with Gasteiger partial charge in [0, 0.05) is 58.2 Å². The van der Waals surface area contributed by atoms with E-state index >= 15 is 0 Å². The second-order valence-corrected chi connectivity index (χ2v) is 20.0. The fourth-order valence-corrected chi connectivity index (χ4v) is 5.71. The van der Waals surface area contributed by atoms with Crippen molar-refractivity contribution < 1.29 is 132 Å². The molecule has 0 fully saturated rings. The van der Waals surface area contributed by atoms with Gasteiger partial charge in [-0.1, -0.05) is 79.6 Å². The summed E-state index contributed by atoms with van der Waals surface area (Å²) in [7, 11) is -8.55. The molecule has 0 rings (SSSR count). The quantitative estimate of drug-likeness (QED) is 0.0225. The molecule has 0 amide bonds. The zero-order valence-corrected chi connectivity index (χ0v) is 51.0. The third-order valence-corrected chi connectivity index (χ3v) is 11.5. The number of carbonyl (C=O) groups is 10. The van der Waals surface area contributed by atoms with Crippen LogP contribution >= 0.6 is 15.6 Å². The molecule has 0 aliphatic carbocycles. The molecule has 478 valence electrons. The first-order chi connectivity index (χ1) is 39.5. The van der Waals surface area contributed by atoms with Gasteiger partial charge in [-0.25, -0.2) is 57.1 Å². The standard InChI is InChI=1S/C18H26O6.C15H20O6.C12H19O8P.C10H15O8P/c1-8-18(9-22-15(19)12(2)3,10-23-16(20)13(4)5)11-24-17(21)14(6)7;1-5-12(16)19-9-15(8-4,10-20-13(17)6-2)11-21-14(18)7-3;1-9(2)11(13)17-5-7-19-21(15,16)20-8-6-18-12(14)10(3)4;1-3-9(11)15-5-7-17-19(13,14)18-8-6-16-10(12)4-2/h2,4,6,8-11H2,1,3,5,7H3;5-7H,1-3,8-11H2,4H3;1,3,5-8H2,2,4H3,(H,15,16);3-4H,1-2,5-8H2,(H,13,14). The summed E-state index contributed by atoms with van der Waals surface area (Å²) in [4.78, 5) is 130. The summed E-state index contributed by atoms with van der Waals surface area (Å²) in [6.45, 7) is 42.0. The zero-order chi connectivity index (χ0) is 66.4. The van der Waals surface area contributed by atoms with Gasteiger partial charge >= 0.3 is 75.3 Å². The van der Waals surface area contributed by atoms with Crippen molar-refractivity contribution in [3.63, 3.8) is 0 Å². The van der Waals surface area contributed by atoms with Crippen molar-refractivity contribution in [2.45, 2.75) is 61.3 Å². The summed E-state index contributed by atoms with van der Waals surface area (Å²) in [6, 6.07) is 0. The molecule has 0 aliphatic rings. The molecule has 0 aliphatic heterocycles. The van der Waals surface area contributed by atoms with Crippen LogP contribution in [0.1, 0.15) is 61.3 Å². The second-order valence-electron chi connectivity index (χ2n) is 17.1. The van der Waals surface area contributed by atoms with E-state index in [0.29, 0.717) is 12.8 Å². The Morgan fingerprint density at radius 2 is 0.506 bits per heavy atom. The van der Waals surface area contributed by atoms with Crippen molar-refractivity contribution in [2.75, 3.05) is 92.5 Å². The van der Waals surface area contributed by atoms with E-state index in [-0.39, 0.29) is 120 Å². The first kappa shape index (κ1) is 83.8. The summed E-state index contributed by atoms with van der Waals surface area (Å²) in [5.74, 6) is -6.13. The minimum Gasteiger partial charge on any atom is -0.462 e. The third-order valence-electron chi connectivity index (χ3n) is 9.47. The van der Waals surface area contributed by atoms with E-state index in [1.807, 2.05) is 6.92 Å². The van der Waals surface area contributed by atoms with Crippen molar-refractivity contribution in [1.29, 1.82) is 0 Å². The fourth-order valence-electron chi connectivity index (χ4n) is 4.34. The maximum absolute atomic E-state index is 11.6. The monoisotopic (exact) mass is 1250 g/mol. The molecule has 0 atom stereocenters. The highest BCUT2D eigenvalue weighted by molar-refractivity contribution is 7.47. The minimum absolute atomic E-state index is 0.0802. The van der Waals surface area contributed by atoms with Gasteiger partial charge in [0.25, 0.3) is 0 Å². The molecule has 0 heterocycles. The zero-order valence-electron chi connectivity index (χ0n) is 49.2. The molecule has 0 unspecified atom stereocenters. The fraction of sp³-hybridized carbons (Fsp3) is 0.455. The van der Waals surface area contributed by atoms with Crippen LogP contribution in [0.3, 0.4) is 0 Å². The van der Waals surface area contributed by atoms with E-state index in [2.05, 4.69) is 103 Å². The summed E-state index contributed by atoms with van der Waals surface area (Å²) >= 11 is 0. The molecule has 30 heteroatoms. The minimum atomic E-state index is -4.29. The van der Waals surface area contributed by atoms with Gasteiger partial charge in [-0.15, -0.1) is 0 Å². The predicted molar refractivity (Wildman–Crippen MR) is 304 cm³/mol. The molecular weight excluding hydrogens is 1170 g/mol. The molecule has 0 bridgehead atoms. The van der Waals surface area contributed by atoms with Crippen LogP contribution in [-0.4, -0.2) is 162 Å². The first-order valence-corrected chi connectivity index (χ1v) is 27.9. The summed E-state index contributed by atoms with van der Waals surface area (Å²) in [5.41, 5.74) is -0.540. The Balaban J connectivity index is -0.000000516. The van der Waals surface area contributed by atoms with Crippen molar-refractivity contribution in [3.05, 3.63) is 124 Å². The van der Waals surface area contributed by atoms with Gasteiger partial charge in [0.15, 0.2) is 0 Å². The van der Waals surface area contributed by atoms with Crippen molar-refractivity contribution in [3.8, 4) is 0 Å². The number of hydrogen-bond donors (Lipinski definition) is 2. The normalized spacial score (nSPS) is 10.5. The van der Waals surface area contributed by atoms with Crippen LogP contribution in [0.5, 0.6) is 0 Å². The molecule has 85 heavy (non-hydrogen) atoms. The molecule has 28 nitrogen and oxygen atoms in total. The lowest BCUT2D eigenvalue weighted by Crippen LogP contribution is -2.39. The van der Waals surface area contributed by atoms with Gasteiger partial charge in [0.1, 0.15) is 66.1 Å². The highest BCUT2D eigenvalue weighted by Crippen LogP contribution is 2.43. The largest absolute Gasteiger partial charge is 0.472 e. The Morgan fingerprint density at radius 3 is 0.694 bits per heavy atom. The SMILES string of the molecule is C=C(C)C(=O)OCC(CC)(COC(=O)C(=C)C)COC(=O)C(=C)C.C=C(C)C(=O)OCCOP(=O)(O)OCCOC(=O)C(=C)C.C=CC(=O)OCC(CC)(COC(=O)C=C)COC(=O)C=C.C=CC(=O)OCCOP(=O)(O)OCCOC(=O)C=C. The predicted octanol–water partition coefficient (Wildman–Crippen LogP) is 6.25. The van der Waals surface area contributed by atoms with Crippen LogP contribution in [0.25, 0.3) is 0 Å². The highest BCUT2D eigenvalue weighted by Gasteiger charge is 2.35. The van der Waals surface area contributed by atoms with Gasteiger partial charge in [0.2, 0.25) is 0 Å². The number of esters is 10. The molecule has 0 saturated heterocycles. The number of rotatable bonds is 40. The van der Waals surface area contributed by atoms with Crippen LogP contribution in [0.4, 0.5) is 0 Å². The lowest BCUT2D eigenvalue weighted by molar-refractivity contribution is -0.159. The van der Waals surface area contributed by atoms with Crippen LogP contribution in [0.15, 0.2) is 124 Å². The summed E-state index contributed by atoms with van der Waals surface area (Å²) in [5, 5.41) is 0. The van der Waals surface area contributed by atoms with Gasteiger partial charge in [-0.2, -0.15) is 0 Å². The van der Waals surface area contributed by atoms with Crippen LogP contribution in [0, 0.1) is 10.8 Å². The van der Waals surface area contributed by atoms with E-state index < -0.39 is 86.2 Å². The number of hydrogen-bond acceptors (Lipinski definition) is 26. The van der Waals surface area contributed by atoms with E-state index in [1.165, 1.54) is 34.6 Å². The average molecular weight is 1250 g/mol. The number of ether oxygens (including phenoxy) is 10. The Morgan fingerprint density at radius 1 is 0.329 bits per heavy atom. The molecule has 2 N–H and O–H groups in total. The Kier molecular flexibility index (Phi) is 46.0. The van der Waals surface area contributed by atoms with Crippen molar-refractivity contribution in [2.24, 2.45) is 10.8 Å².